The molecule has 1 heterocycles. The van der Waals surface area contributed by atoms with Gasteiger partial charge in [0.25, 0.3) is 0 Å². The van der Waals surface area contributed by atoms with Crippen LogP contribution in [0.4, 0.5) is 0 Å². The normalized spacial score (nSPS) is 17.4. The number of nitrogens with two attached hydrogens (primary N) is 1. The van der Waals surface area contributed by atoms with E-state index in [0.29, 0.717) is 6.42 Å². The van der Waals surface area contributed by atoms with Crippen molar-refractivity contribution in [1.82, 2.24) is 9.78 Å². The Morgan fingerprint density at radius 1 is 1.38 bits per heavy atom. The minimum atomic E-state index is -0.843. The summed E-state index contributed by atoms with van der Waals surface area (Å²) in [6, 6.07) is 9.77. The first-order chi connectivity index (χ1) is 10.2. The third-order valence-electron chi connectivity index (χ3n) is 4.33. The van der Waals surface area contributed by atoms with Gasteiger partial charge in [0.1, 0.15) is 0 Å². The molecular formula is C16H19N3O2. The molecule has 5 nitrogen and oxygen atoms in total. The van der Waals surface area contributed by atoms with Gasteiger partial charge < -0.3 is 10.8 Å². The quantitative estimate of drug-likeness (QED) is 0.848. The highest BCUT2D eigenvalue weighted by Crippen LogP contribution is 2.47. The fourth-order valence-electron chi connectivity index (χ4n) is 2.89. The third-order valence-corrected chi connectivity index (χ3v) is 4.33. The molecule has 1 aromatic heterocycles. The van der Waals surface area contributed by atoms with Crippen molar-refractivity contribution in [3.8, 4) is 5.69 Å². The summed E-state index contributed by atoms with van der Waals surface area (Å²) in [5.41, 5.74) is 6.84. The lowest BCUT2D eigenvalue weighted by molar-refractivity contribution is -0.149. The molecule has 1 atom stereocenters. The molecule has 5 heteroatoms. The van der Waals surface area contributed by atoms with E-state index in [2.05, 4.69) is 5.10 Å². The average Bonchev–Trinajstić information content (AvgIpc) is 3.25. The van der Waals surface area contributed by atoms with E-state index < -0.39 is 11.4 Å². The third kappa shape index (κ3) is 2.56. The number of benzene rings is 1. The van der Waals surface area contributed by atoms with E-state index >= 15 is 0 Å². The maximum absolute atomic E-state index is 11.7. The van der Waals surface area contributed by atoms with E-state index in [1.54, 1.807) is 10.9 Å². The van der Waals surface area contributed by atoms with Gasteiger partial charge in [-0.1, -0.05) is 18.2 Å². The summed E-state index contributed by atoms with van der Waals surface area (Å²) in [4.78, 5) is 11.7. The monoisotopic (exact) mass is 285 g/mol. The first-order valence-corrected chi connectivity index (χ1v) is 7.18. The fourth-order valence-corrected chi connectivity index (χ4v) is 2.89. The molecule has 1 saturated carbocycles. The van der Waals surface area contributed by atoms with E-state index in [4.69, 9.17) is 5.73 Å². The maximum Gasteiger partial charge on any atom is 0.311 e. The highest BCUT2D eigenvalue weighted by Gasteiger charge is 2.50. The minimum absolute atomic E-state index is 0.170. The lowest BCUT2D eigenvalue weighted by Gasteiger charge is -2.27. The minimum Gasteiger partial charge on any atom is -0.481 e. The topological polar surface area (TPSA) is 81.1 Å². The molecule has 0 radical (unpaired) electrons. The molecule has 0 amide bonds. The number of carboxylic acids is 1. The Bertz CT molecular complexity index is 634. The molecule has 3 N–H and O–H groups in total. The number of carboxylic acid groups (broad SMARTS) is 1. The molecule has 1 unspecified atom stereocenters. The second-order valence-corrected chi connectivity index (χ2v) is 5.75. The van der Waals surface area contributed by atoms with Gasteiger partial charge in [0.15, 0.2) is 0 Å². The van der Waals surface area contributed by atoms with Crippen LogP contribution < -0.4 is 5.73 Å². The number of hydrogen-bond donors (Lipinski definition) is 2. The Kier molecular flexibility index (Phi) is 3.51. The standard InChI is InChI=1S/C16H19N3O2/c17-11-16(15(20)21,13-6-7-13)8-12-9-18-19(10-12)14-4-2-1-3-5-14/h1-5,9-10,13H,6-8,11,17H2,(H,20,21). The van der Waals surface area contributed by atoms with Gasteiger partial charge in [-0.05, 0) is 42.9 Å². The summed E-state index contributed by atoms with van der Waals surface area (Å²) >= 11 is 0. The zero-order chi connectivity index (χ0) is 14.9. The zero-order valence-corrected chi connectivity index (χ0v) is 11.8. The molecule has 0 saturated heterocycles. The van der Waals surface area contributed by atoms with E-state index in [9.17, 15) is 9.90 Å². The number of aliphatic carboxylic acids is 1. The molecule has 110 valence electrons. The molecule has 2 aromatic rings. The second-order valence-electron chi connectivity index (χ2n) is 5.75. The van der Waals surface area contributed by atoms with Crippen LogP contribution in [0.1, 0.15) is 18.4 Å². The Labute approximate surface area is 123 Å². The Balaban J connectivity index is 1.85. The predicted molar refractivity (Wildman–Crippen MR) is 79.1 cm³/mol. The van der Waals surface area contributed by atoms with Crippen molar-refractivity contribution in [1.29, 1.82) is 0 Å². The van der Waals surface area contributed by atoms with E-state index in [0.717, 1.165) is 24.1 Å². The van der Waals surface area contributed by atoms with E-state index in [-0.39, 0.29) is 12.5 Å². The number of aromatic nitrogens is 2. The molecule has 0 spiro atoms. The highest BCUT2D eigenvalue weighted by molar-refractivity contribution is 5.76. The first kappa shape index (κ1) is 13.8. The zero-order valence-electron chi connectivity index (χ0n) is 11.8. The highest BCUT2D eigenvalue weighted by atomic mass is 16.4. The Morgan fingerprint density at radius 2 is 2.10 bits per heavy atom. The van der Waals surface area contributed by atoms with Crippen LogP contribution >= 0.6 is 0 Å². The van der Waals surface area contributed by atoms with Gasteiger partial charge in [-0.2, -0.15) is 5.10 Å². The summed E-state index contributed by atoms with van der Waals surface area (Å²) in [5, 5.41) is 13.9. The van der Waals surface area contributed by atoms with Gasteiger partial charge in [-0.15, -0.1) is 0 Å². The van der Waals surface area contributed by atoms with Gasteiger partial charge in [0.2, 0.25) is 0 Å². The van der Waals surface area contributed by atoms with Crippen molar-refractivity contribution >= 4 is 5.97 Å². The van der Waals surface area contributed by atoms with Gasteiger partial charge >= 0.3 is 5.97 Å². The SMILES string of the molecule is NCC(Cc1cnn(-c2ccccc2)c1)(C(=O)O)C1CC1. The molecular weight excluding hydrogens is 266 g/mol. The van der Waals surface area contributed by atoms with Gasteiger partial charge in [-0.25, -0.2) is 4.68 Å². The van der Waals surface area contributed by atoms with Crippen LogP contribution in [0.5, 0.6) is 0 Å². The van der Waals surface area contributed by atoms with Crippen LogP contribution in [0.15, 0.2) is 42.7 Å². The van der Waals surface area contributed by atoms with Crippen LogP contribution in [0.3, 0.4) is 0 Å². The van der Waals surface area contributed by atoms with E-state index in [1.165, 1.54) is 0 Å². The molecule has 1 aromatic carbocycles. The summed E-state index contributed by atoms with van der Waals surface area (Å²) in [6.45, 7) is 0.170. The summed E-state index contributed by atoms with van der Waals surface area (Å²) in [5.74, 6) is -0.597. The Hall–Kier alpha value is -2.14. The van der Waals surface area contributed by atoms with Crippen LogP contribution in [0.2, 0.25) is 0 Å². The summed E-state index contributed by atoms with van der Waals surface area (Å²) in [6.07, 6.45) is 5.98. The number of nitrogens with zero attached hydrogens (tertiary/aromatic N) is 2. The Morgan fingerprint density at radius 3 is 2.67 bits per heavy atom. The molecule has 21 heavy (non-hydrogen) atoms. The van der Waals surface area contributed by atoms with Crippen LogP contribution in [0, 0.1) is 11.3 Å². The van der Waals surface area contributed by atoms with Crippen molar-refractivity contribution in [2.75, 3.05) is 6.54 Å². The van der Waals surface area contributed by atoms with Crippen molar-refractivity contribution in [3.05, 3.63) is 48.3 Å². The van der Waals surface area contributed by atoms with Crippen molar-refractivity contribution in [2.45, 2.75) is 19.3 Å². The van der Waals surface area contributed by atoms with Crippen molar-refractivity contribution in [2.24, 2.45) is 17.1 Å². The second kappa shape index (κ2) is 5.33. The molecule has 0 bridgehead atoms. The van der Waals surface area contributed by atoms with Crippen LogP contribution in [0.25, 0.3) is 5.69 Å². The van der Waals surface area contributed by atoms with E-state index in [1.807, 2.05) is 36.5 Å². The van der Waals surface area contributed by atoms with Gasteiger partial charge in [0.05, 0.1) is 17.3 Å². The van der Waals surface area contributed by atoms with Gasteiger partial charge in [-0.3, -0.25) is 4.79 Å². The van der Waals surface area contributed by atoms with Crippen molar-refractivity contribution in [3.63, 3.8) is 0 Å². The van der Waals surface area contributed by atoms with Crippen LogP contribution in [-0.2, 0) is 11.2 Å². The number of hydrogen-bond acceptors (Lipinski definition) is 3. The van der Waals surface area contributed by atoms with Gasteiger partial charge in [0, 0.05) is 12.7 Å². The average molecular weight is 285 g/mol. The van der Waals surface area contributed by atoms with Crippen LogP contribution in [-0.4, -0.2) is 27.4 Å². The number of carbonyl (C=O) groups is 1. The summed E-state index contributed by atoms with van der Waals surface area (Å²) in [7, 11) is 0. The first-order valence-electron chi connectivity index (χ1n) is 7.18. The smallest absolute Gasteiger partial charge is 0.311 e. The lowest BCUT2D eigenvalue weighted by atomic mass is 9.77. The number of rotatable bonds is 6. The number of para-hydroxylation sites is 1. The molecule has 1 aliphatic rings. The lowest BCUT2D eigenvalue weighted by Crippen LogP contribution is -2.42. The molecule has 1 fully saturated rings. The maximum atomic E-state index is 11.7. The summed E-state index contributed by atoms with van der Waals surface area (Å²) < 4.78 is 1.77. The predicted octanol–water partition coefficient (Wildman–Crippen LogP) is 1.85. The molecule has 0 aliphatic heterocycles. The molecule has 3 rings (SSSR count). The fraction of sp³-hybridized carbons (Fsp3) is 0.375. The molecule has 1 aliphatic carbocycles. The largest absolute Gasteiger partial charge is 0.481 e. The van der Waals surface area contributed by atoms with Crippen molar-refractivity contribution < 1.29 is 9.90 Å².